The molecule has 0 radical (unpaired) electrons. The largest absolute Gasteiger partial charge is 0.227 e. The molecule has 0 saturated carbocycles. The molecular weight excluding hydrogens is 260 g/mol. The molecule has 0 saturated heterocycles. The third-order valence-electron chi connectivity index (χ3n) is 1.78. The average Bonchev–Trinajstić information content (AvgIpc) is 2.11. The van der Waals surface area contributed by atoms with E-state index in [1.54, 1.807) is 0 Å². The number of hydrogen-bond acceptors (Lipinski definition) is 3. The Balaban J connectivity index is 2.42. The number of hydrogen-bond donors (Lipinski definition) is 0. The Bertz CT molecular complexity index is 271. The summed E-state index contributed by atoms with van der Waals surface area (Å²) >= 11 is 5.18. The predicted molar refractivity (Wildman–Crippen MR) is 64.7 cm³/mol. The predicted octanol–water partition coefficient (Wildman–Crippen LogP) is 3.83. The van der Waals surface area contributed by atoms with Crippen LogP contribution in [0.3, 0.4) is 0 Å². The van der Waals surface area contributed by atoms with Gasteiger partial charge in [-0.05, 0) is 35.0 Å². The molecule has 0 N–H and O–H groups in total. The number of aromatic nitrogens is 2. The van der Waals surface area contributed by atoms with Gasteiger partial charge >= 0.3 is 0 Å². The van der Waals surface area contributed by atoms with Crippen LogP contribution in [0.5, 0.6) is 0 Å². The van der Waals surface area contributed by atoms with E-state index < -0.39 is 0 Å². The van der Waals surface area contributed by atoms with E-state index in [4.69, 9.17) is 0 Å². The second kappa shape index (κ2) is 6.40. The topological polar surface area (TPSA) is 25.8 Å². The molecule has 0 fully saturated rings. The SMILES string of the molecule is CCCCCSc1cc(Br)nc(C)n1. The van der Waals surface area contributed by atoms with Gasteiger partial charge in [-0.2, -0.15) is 0 Å². The molecule has 1 rings (SSSR count). The van der Waals surface area contributed by atoms with Gasteiger partial charge in [0.15, 0.2) is 0 Å². The summed E-state index contributed by atoms with van der Waals surface area (Å²) in [6, 6.07) is 1.98. The Hall–Kier alpha value is -0.0900. The number of thioether (sulfide) groups is 1. The van der Waals surface area contributed by atoms with Crippen LogP contribution in [0.1, 0.15) is 32.0 Å². The van der Waals surface area contributed by atoms with Gasteiger partial charge in [0.2, 0.25) is 0 Å². The average molecular weight is 275 g/mol. The normalized spacial score (nSPS) is 10.5. The summed E-state index contributed by atoms with van der Waals surface area (Å²) in [6.07, 6.45) is 3.84. The molecule has 0 aromatic carbocycles. The highest BCUT2D eigenvalue weighted by Crippen LogP contribution is 2.20. The summed E-state index contributed by atoms with van der Waals surface area (Å²) in [5.74, 6) is 1.98. The first-order valence-corrected chi connectivity index (χ1v) is 6.64. The molecule has 0 aliphatic heterocycles. The maximum absolute atomic E-state index is 4.35. The van der Waals surface area contributed by atoms with E-state index in [1.165, 1.54) is 19.3 Å². The molecule has 0 amide bonds. The van der Waals surface area contributed by atoms with Crippen LogP contribution >= 0.6 is 27.7 Å². The summed E-state index contributed by atoms with van der Waals surface area (Å²) in [6.45, 7) is 4.14. The van der Waals surface area contributed by atoms with E-state index in [0.717, 1.165) is 21.2 Å². The lowest BCUT2D eigenvalue weighted by Crippen LogP contribution is -1.91. The molecular formula is C10H15BrN2S. The van der Waals surface area contributed by atoms with Crippen LogP contribution in [-0.4, -0.2) is 15.7 Å². The molecule has 1 heterocycles. The van der Waals surface area contributed by atoms with Crippen molar-refractivity contribution in [3.8, 4) is 0 Å². The van der Waals surface area contributed by atoms with Gasteiger partial charge < -0.3 is 0 Å². The van der Waals surface area contributed by atoms with Crippen LogP contribution in [0.2, 0.25) is 0 Å². The maximum atomic E-state index is 4.35. The highest BCUT2D eigenvalue weighted by Gasteiger charge is 1.99. The van der Waals surface area contributed by atoms with Gasteiger partial charge in [0.25, 0.3) is 0 Å². The van der Waals surface area contributed by atoms with Crippen molar-refractivity contribution in [3.63, 3.8) is 0 Å². The van der Waals surface area contributed by atoms with Crippen molar-refractivity contribution >= 4 is 27.7 Å². The van der Waals surface area contributed by atoms with E-state index in [9.17, 15) is 0 Å². The van der Waals surface area contributed by atoms with Crippen LogP contribution in [0.15, 0.2) is 15.7 Å². The molecule has 2 nitrogen and oxygen atoms in total. The lowest BCUT2D eigenvalue weighted by atomic mass is 10.3. The Kier molecular flexibility index (Phi) is 5.48. The van der Waals surface area contributed by atoms with Crippen molar-refractivity contribution in [2.75, 3.05) is 5.75 Å². The minimum Gasteiger partial charge on any atom is -0.227 e. The van der Waals surface area contributed by atoms with Crippen LogP contribution in [0, 0.1) is 6.92 Å². The van der Waals surface area contributed by atoms with E-state index in [-0.39, 0.29) is 0 Å². The van der Waals surface area contributed by atoms with Crippen molar-refractivity contribution in [2.45, 2.75) is 38.1 Å². The first-order chi connectivity index (χ1) is 6.72. The summed E-state index contributed by atoms with van der Waals surface area (Å²) in [7, 11) is 0. The molecule has 14 heavy (non-hydrogen) atoms. The zero-order valence-electron chi connectivity index (χ0n) is 8.59. The fourth-order valence-corrected chi connectivity index (χ4v) is 2.68. The Morgan fingerprint density at radius 3 is 2.79 bits per heavy atom. The first kappa shape index (κ1) is 12.0. The Labute approximate surface area is 98.1 Å². The zero-order chi connectivity index (χ0) is 10.4. The molecule has 1 aromatic heterocycles. The standard InChI is InChI=1S/C10H15BrN2S/c1-3-4-5-6-14-10-7-9(11)12-8(2)13-10/h7H,3-6H2,1-2H3. The van der Waals surface area contributed by atoms with E-state index in [1.807, 2.05) is 24.8 Å². The lowest BCUT2D eigenvalue weighted by molar-refractivity contribution is 0.777. The number of nitrogens with zero attached hydrogens (tertiary/aromatic N) is 2. The van der Waals surface area contributed by atoms with Crippen molar-refractivity contribution in [3.05, 3.63) is 16.5 Å². The summed E-state index contributed by atoms with van der Waals surface area (Å²) in [4.78, 5) is 8.52. The fraction of sp³-hybridized carbons (Fsp3) is 0.600. The van der Waals surface area contributed by atoms with Crippen molar-refractivity contribution < 1.29 is 0 Å². The molecule has 0 spiro atoms. The quantitative estimate of drug-likeness (QED) is 0.464. The van der Waals surface area contributed by atoms with E-state index in [2.05, 4.69) is 32.8 Å². The molecule has 0 unspecified atom stereocenters. The summed E-state index contributed by atoms with van der Waals surface area (Å²) in [5, 5.41) is 1.07. The van der Waals surface area contributed by atoms with Crippen LogP contribution in [0.25, 0.3) is 0 Å². The zero-order valence-corrected chi connectivity index (χ0v) is 11.0. The van der Waals surface area contributed by atoms with Crippen molar-refractivity contribution in [1.82, 2.24) is 9.97 Å². The van der Waals surface area contributed by atoms with Gasteiger partial charge in [0, 0.05) is 6.07 Å². The smallest absolute Gasteiger partial charge is 0.127 e. The summed E-state index contributed by atoms with van der Waals surface area (Å²) in [5.41, 5.74) is 0. The van der Waals surface area contributed by atoms with Crippen molar-refractivity contribution in [2.24, 2.45) is 0 Å². The Morgan fingerprint density at radius 1 is 1.36 bits per heavy atom. The molecule has 4 heteroatoms. The molecule has 0 bridgehead atoms. The van der Waals surface area contributed by atoms with Gasteiger partial charge in [-0.25, -0.2) is 9.97 Å². The fourth-order valence-electron chi connectivity index (χ4n) is 1.11. The highest BCUT2D eigenvalue weighted by atomic mass is 79.9. The van der Waals surface area contributed by atoms with Gasteiger partial charge in [-0.3, -0.25) is 0 Å². The van der Waals surface area contributed by atoms with Crippen LogP contribution < -0.4 is 0 Å². The number of halogens is 1. The van der Waals surface area contributed by atoms with E-state index in [0.29, 0.717) is 0 Å². The van der Waals surface area contributed by atoms with Gasteiger partial charge in [0.1, 0.15) is 15.5 Å². The minimum atomic E-state index is 0.831. The molecule has 78 valence electrons. The highest BCUT2D eigenvalue weighted by molar-refractivity contribution is 9.10. The second-order valence-corrected chi connectivity index (χ2v) is 5.06. The minimum absolute atomic E-state index is 0.831. The lowest BCUT2D eigenvalue weighted by Gasteiger charge is -2.01. The third kappa shape index (κ3) is 4.42. The molecule has 1 aromatic rings. The molecule has 0 aliphatic carbocycles. The van der Waals surface area contributed by atoms with Gasteiger partial charge in [-0.1, -0.05) is 19.8 Å². The number of aryl methyl sites for hydroxylation is 1. The Morgan fingerprint density at radius 2 is 2.14 bits per heavy atom. The monoisotopic (exact) mass is 274 g/mol. The number of unbranched alkanes of at least 4 members (excludes halogenated alkanes) is 2. The third-order valence-corrected chi connectivity index (χ3v) is 3.18. The summed E-state index contributed by atoms with van der Waals surface area (Å²) < 4.78 is 0.878. The molecule has 0 atom stereocenters. The van der Waals surface area contributed by atoms with Crippen molar-refractivity contribution in [1.29, 1.82) is 0 Å². The van der Waals surface area contributed by atoms with Gasteiger partial charge in [-0.15, -0.1) is 11.8 Å². The maximum Gasteiger partial charge on any atom is 0.127 e. The van der Waals surface area contributed by atoms with Gasteiger partial charge in [0.05, 0.1) is 0 Å². The van der Waals surface area contributed by atoms with Crippen LogP contribution in [0.4, 0.5) is 0 Å². The second-order valence-electron chi connectivity index (χ2n) is 3.13. The van der Waals surface area contributed by atoms with Crippen LogP contribution in [-0.2, 0) is 0 Å². The first-order valence-electron chi connectivity index (χ1n) is 4.86. The van der Waals surface area contributed by atoms with E-state index >= 15 is 0 Å². The molecule has 0 aliphatic rings. The number of rotatable bonds is 5.